The molecule has 6 heteroatoms. The lowest BCUT2D eigenvalue weighted by Gasteiger charge is -2.15. The number of carbonyl (C=O) groups is 1. The van der Waals surface area contributed by atoms with Gasteiger partial charge in [0.05, 0.1) is 20.3 Å². The summed E-state index contributed by atoms with van der Waals surface area (Å²) in [6.07, 6.45) is 2.45. The van der Waals surface area contributed by atoms with Gasteiger partial charge in [0.1, 0.15) is 0 Å². The van der Waals surface area contributed by atoms with Crippen LogP contribution in [0.1, 0.15) is 18.1 Å². The Morgan fingerprint density at radius 2 is 2.10 bits per heavy atom. The summed E-state index contributed by atoms with van der Waals surface area (Å²) >= 11 is 0. The number of halogens is 1. The first-order valence-corrected chi connectivity index (χ1v) is 6.41. The van der Waals surface area contributed by atoms with Gasteiger partial charge in [-0.1, -0.05) is 6.08 Å². The normalized spacial score (nSPS) is 11.0. The predicted octanol–water partition coefficient (Wildman–Crippen LogP) is 1.82. The Morgan fingerprint density at radius 3 is 2.57 bits per heavy atom. The van der Waals surface area contributed by atoms with E-state index in [0.717, 1.165) is 11.1 Å². The average Bonchev–Trinajstić information content (AvgIpc) is 2.44. The number of nitrogens with one attached hydrogen (secondary N) is 1. The summed E-state index contributed by atoms with van der Waals surface area (Å²) in [6.45, 7) is 5.77. The smallest absolute Gasteiger partial charge is 0.236 e. The van der Waals surface area contributed by atoms with E-state index in [0.29, 0.717) is 24.5 Å². The summed E-state index contributed by atoms with van der Waals surface area (Å²) < 4.78 is 10.7. The van der Waals surface area contributed by atoms with E-state index >= 15 is 0 Å². The highest BCUT2D eigenvalue weighted by molar-refractivity contribution is 5.85. The van der Waals surface area contributed by atoms with Crippen LogP contribution >= 0.6 is 12.4 Å². The number of rotatable bonds is 7. The van der Waals surface area contributed by atoms with E-state index < -0.39 is 6.04 Å². The van der Waals surface area contributed by atoms with Gasteiger partial charge in [0, 0.05) is 12.1 Å². The van der Waals surface area contributed by atoms with Crippen LogP contribution in [0.15, 0.2) is 24.8 Å². The fraction of sp³-hybridized carbons (Fsp3) is 0.400. The molecular formula is C15H23ClN2O3. The summed E-state index contributed by atoms with van der Waals surface area (Å²) in [4.78, 5) is 11.5. The maximum atomic E-state index is 11.5. The first-order chi connectivity index (χ1) is 9.53. The largest absolute Gasteiger partial charge is 0.493 e. The molecule has 0 saturated carbocycles. The van der Waals surface area contributed by atoms with Crippen molar-refractivity contribution in [2.45, 2.75) is 25.9 Å². The van der Waals surface area contributed by atoms with E-state index in [1.54, 1.807) is 27.2 Å². The first kappa shape index (κ1) is 19.3. The van der Waals surface area contributed by atoms with Crippen LogP contribution < -0.4 is 20.5 Å². The van der Waals surface area contributed by atoms with Crippen molar-refractivity contribution in [1.29, 1.82) is 0 Å². The van der Waals surface area contributed by atoms with E-state index in [9.17, 15) is 4.79 Å². The summed E-state index contributed by atoms with van der Waals surface area (Å²) in [7, 11) is 3.18. The van der Waals surface area contributed by atoms with Crippen molar-refractivity contribution in [2.24, 2.45) is 5.73 Å². The van der Waals surface area contributed by atoms with Crippen LogP contribution in [0.4, 0.5) is 0 Å². The molecule has 1 aromatic rings. The summed E-state index contributed by atoms with van der Waals surface area (Å²) in [5.74, 6) is 1.14. The second kappa shape index (κ2) is 9.26. The highest BCUT2D eigenvalue weighted by Crippen LogP contribution is 2.33. The SMILES string of the molecule is C=CCc1cc(CNC(=O)[C@H](C)N)cc(OC)c1OC.Cl. The van der Waals surface area contributed by atoms with Gasteiger partial charge < -0.3 is 20.5 Å². The molecule has 118 valence electrons. The minimum atomic E-state index is -0.525. The van der Waals surface area contributed by atoms with Gasteiger partial charge in [0.2, 0.25) is 5.91 Å². The zero-order valence-electron chi connectivity index (χ0n) is 12.6. The van der Waals surface area contributed by atoms with Gasteiger partial charge >= 0.3 is 0 Å². The Hall–Kier alpha value is -1.72. The van der Waals surface area contributed by atoms with E-state index in [-0.39, 0.29) is 18.3 Å². The number of ether oxygens (including phenoxy) is 2. The van der Waals surface area contributed by atoms with Gasteiger partial charge in [0.15, 0.2) is 11.5 Å². The molecule has 0 bridgehead atoms. The maximum absolute atomic E-state index is 11.5. The number of methoxy groups -OCH3 is 2. The molecule has 1 amide bonds. The lowest BCUT2D eigenvalue weighted by molar-refractivity contribution is -0.122. The molecule has 0 spiro atoms. The number of allylic oxidation sites excluding steroid dienone is 1. The maximum Gasteiger partial charge on any atom is 0.236 e. The van der Waals surface area contributed by atoms with Gasteiger partial charge in [-0.15, -0.1) is 19.0 Å². The Kier molecular flexibility index (Phi) is 8.50. The molecule has 3 N–H and O–H groups in total. The van der Waals surface area contributed by atoms with Crippen molar-refractivity contribution < 1.29 is 14.3 Å². The molecule has 0 aliphatic carbocycles. The summed E-state index contributed by atoms with van der Waals surface area (Å²) in [5, 5.41) is 2.77. The zero-order valence-corrected chi connectivity index (χ0v) is 13.5. The second-order valence-corrected chi connectivity index (χ2v) is 4.49. The third-order valence-corrected chi connectivity index (χ3v) is 2.86. The molecule has 1 atom stereocenters. The zero-order chi connectivity index (χ0) is 15.1. The monoisotopic (exact) mass is 314 g/mol. The number of amides is 1. The average molecular weight is 315 g/mol. The molecule has 1 rings (SSSR count). The van der Waals surface area contributed by atoms with Crippen molar-refractivity contribution in [2.75, 3.05) is 14.2 Å². The van der Waals surface area contributed by atoms with E-state index in [1.807, 2.05) is 12.1 Å². The van der Waals surface area contributed by atoms with Crippen LogP contribution in [0, 0.1) is 0 Å². The first-order valence-electron chi connectivity index (χ1n) is 6.41. The molecular weight excluding hydrogens is 292 g/mol. The Balaban J connectivity index is 0.00000400. The van der Waals surface area contributed by atoms with Gasteiger partial charge in [-0.2, -0.15) is 0 Å². The van der Waals surface area contributed by atoms with Crippen molar-refractivity contribution in [1.82, 2.24) is 5.32 Å². The molecule has 0 saturated heterocycles. The van der Waals surface area contributed by atoms with E-state index in [1.165, 1.54) is 0 Å². The van der Waals surface area contributed by atoms with E-state index in [4.69, 9.17) is 15.2 Å². The third kappa shape index (κ3) is 5.28. The van der Waals surface area contributed by atoms with Crippen LogP contribution in [0.25, 0.3) is 0 Å². The lowest BCUT2D eigenvalue weighted by Crippen LogP contribution is -2.37. The molecule has 0 heterocycles. The molecule has 0 radical (unpaired) electrons. The molecule has 5 nitrogen and oxygen atoms in total. The third-order valence-electron chi connectivity index (χ3n) is 2.86. The Morgan fingerprint density at radius 1 is 1.43 bits per heavy atom. The molecule has 0 fully saturated rings. The number of hydrogen-bond donors (Lipinski definition) is 2. The highest BCUT2D eigenvalue weighted by Gasteiger charge is 2.13. The Labute approximate surface area is 131 Å². The quantitative estimate of drug-likeness (QED) is 0.753. The topological polar surface area (TPSA) is 73.6 Å². The standard InChI is InChI=1S/C15H22N2O3.ClH/c1-5-6-12-7-11(9-17-15(18)10(2)16)8-13(19-3)14(12)20-4;/h5,7-8,10H,1,6,9,16H2,2-4H3,(H,17,18);1H/t10-;/m0./s1. The van der Waals surface area contributed by atoms with Crippen molar-refractivity contribution >= 4 is 18.3 Å². The molecule has 1 aromatic carbocycles. The number of carbonyl (C=O) groups excluding carboxylic acids is 1. The predicted molar refractivity (Wildman–Crippen MR) is 86.2 cm³/mol. The van der Waals surface area contributed by atoms with Gasteiger partial charge in [-0.25, -0.2) is 0 Å². The minimum Gasteiger partial charge on any atom is -0.493 e. The van der Waals surface area contributed by atoms with Crippen molar-refractivity contribution in [3.05, 3.63) is 35.9 Å². The molecule has 0 aliphatic rings. The van der Waals surface area contributed by atoms with Gasteiger partial charge in [-0.3, -0.25) is 4.79 Å². The van der Waals surface area contributed by atoms with Gasteiger partial charge in [0.25, 0.3) is 0 Å². The Bertz CT molecular complexity index is 490. The summed E-state index contributed by atoms with van der Waals surface area (Å²) in [6, 6.07) is 3.28. The van der Waals surface area contributed by atoms with Crippen LogP contribution in [0.3, 0.4) is 0 Å². The number of nitrogens with two attached hydrogens (primary N) is 1. The van der Waals surface area contributed by atoms with Crippen LogP contribution in [-0.4, -0.2) is 26.2 Å². The fourth-order valence-corrected chi connectivity index (χ4v) is 1.87. The highest BCUT2D eigenvalue weighted by atomic mass is 35.5. The number of hydrogen-bond acceptors (Lipinski definition) is 4. The second-order valence-electron chi connectivity index (χ2n) is 4.49. The fourth-order valence-electron chi connectivity index (χ4n) is 1.87. The molecule has 0 aromatic heterocycles. The van der Waals surface area contributed by atoms with Crippen molar-refractivity contribution in [3.8, 4) is 11.5 Å². The van der Waals surface area contributed by atoms with Crippen molar-refractivity contribution in [3.63, 3.8) is 0 Å². The van der Waals surface area contributed by atoms with Gasteiger partial charge in [-0.05, 0) is 31.0 Å². The molecule has 21 heavy (non-hydrogen) atoms. The molecule has 0 aliphatic heterocycles. The minimum absolute atomic E-state index is 0. The van der Waals surface area contributed by atoms with Crippen LogP contribution in [0.5, 0.6) is 11.5 Å². The lowest BCUT2D eigenvalue weighted by atomic mass is 10.1. The molecule has 0 unspecified atom stereocenters. The summed E-state index contributed by atoms with van der Waals surface area (Å²) in [5.41, 5.74) is 7.40. The van der Waals surface area contributed by atoms with Crippen LogP contribution in [0.2, 0.25) is 0 Å². The van der Waals surface area contributed by atoms with E-state index in [2.05, 4.69) is 11.9 Å². The van der Waals surface area contributed by atoms with Crippen LogP contribution in [-0.2, 0) is 17.8 Å². The number of benzene rings is 1.